The Morgan fingerprint density at radius 2 is 2.06 bits per heavy atom. The second kappa shape index (κ2) is 5.65. The number of benzene rings is 1. The van der Waals surface area contributed by atoms with Crippen LogP contribution >= 0.6 is 12.4 Å². The topological polar surface area (TPSA) is 28.2 Å². The first-order chi connectivity index (χ1) is 8.34. The van der Waals surface area contributed by atoms with Gasteiger partial charge >= 0.3 is 0 Å². The third kappa shape index (κ3) is 2.48. The van der Waals surface area contributed by atoms with Crippen molar-refractivity contribution in [3.8, 4) is 0 Å². The van der Waals surface area contributed by atoms with E-state index in [1.807, 2.05) is 12.3 Å². The van der Waals surface area contributed by atoms with Crippen LogP contribution in [0.2, 0.25) is 0 Å². The van der Waals surface area contributed by atoms with Crippen molar-refractivity contribution in [3.05, 3.63) is 42.1 Å². The number of nitrogens with one attached hydrogen (secondary N) is 1. The minimum Gasteiger partial charge on any atom is -0.314 e. The molecule has 3 nitrogen and oxygen atoms in total. The zero-order valence-electron chi connectivity index (χ0n) is 10.5. The van der Waals surface area contributed by atoms with Crippen LogP contribution in [0.15, 0.2) is 36.5 Å². The van der Waals surface area contributed by atoms with E-state index in [1.54, 1.807) is 0 Å². The molecule has 0 aliphatic carbocycles. The zero-order chi connectivity index (χ0) is 11.7. The molecule has 0 amide bonds. The van der Waals surface area contributed by atoms with Crippen molar-refractivity contribution in [3.63, 3.8) is 0 Å². The molecule has 18 heavy (non-hydrogen) atoms. The minimum absolute atomic E-state index is 0. The summed E-state index contributed by atoms with van der Waals surface area (Å²) < 4.78 is 0. The Labute approximate surface area is 114 Å². The lowest BCUT2D eigenvalue weighted by atomic mass is 10.1. The van der Waals surface area contributed by atoms with Gasteiger partial charge in [0.2, 0.25) is 0 Å². The molecular formula is C14H18ClN3. The third-order valence-electron chi connectivity index (χ3n) is 3.52. The number of pyridine rings is 1. The lowest BCUT2D eigenvalue weighted by Crippen LogP contribution is -2.55. The highest BCUT2D eigenvalue weighted by molar-refractivity contribution is 5.85. The number of fused-ring (bicyclic) bond motifs is 1. The van der Waals surface area contributed by atoms with E-state index in [2.05, 4.69) is 46.5 Å². The molecule has 3 rings (SSSR count). The SMILES string of the molecule is CN(Cc1cccc2cccnc12)C1CNC1.Cl. The number of hydrogen-bond donors (Lipinski definition) is 1. The van der Waals surface area contributed by atoms with Crippen molar-refractivity contribution in [1.29, 1.82) is 0 Å². The summed E-state index contributed by atoms with van der Waals surface area (Å²) in [5.41, 5.74) is 2.45. The average Bonchev–Trinajstić information content (AvgIpc) is 2.27. The quantitative estimate of drug-likeness (QED) is 0.919. The number of aromatic nitrogens is 1. The number of hydrogen-bond acceptors (Lipinski definition) is 3. The lowest BCUT2D eigenvalue weighted by Gasteiger charge is -2.35. The van der Waals surface area contributed by atoms with Crippen LogP contribution < -0.4 is 5.32 Å². The fourth-order valence-corrected chi connectivity index (χ4v) is 2.28. The summed E-state index contributed by atoms with van der Waals surface area (Å²) in [4.78, 5) is 6.90. The monoisotopic (exact) mass is 263 g/mol. The van der Waals surface area contributed by atoms with E-state index in [1.165, 1.54) is 10.9 Å². The highest BCUT2D eigenvalue weighted by Gasteiger charge is 2.21. The normalized spacial score (nSPS) is 15.4. The molecular weight excluding hydrogens is 246 g/mol. The van der Waals surface area contributed by atoms with Crippen molar-refractivity contribution in [2.75, 3.05) is 20.1 Å². The van der Waals surface area contributed by atoms with Crippen LogP contribution in [0, 0.1) is 0 Å². The van der Waals surface area contributed by atoms with Crippen molar-refractivity contribution in [2.24, 2.45) is 0 Å². The van der Waals surface area contributed by atoms with E-state index in [0.29, 0.717) is 6.04 Å². The maximum atomic E-state index is 4.50. The predicted octanol–water partition coefficient (Wildman–Crippen LogP) is 2.06. The van der Waals surface area contributed by atoms with Crippen molar-refractivity contribution >= 4 is 23.3 Å². The first-order valence-corrected chi connectivity index (χ1v) is 6.08. The van der Waals surface area contributed by atoms with Gasteiger partial charge in [0.1, 0.15) is 0 Å². The maximum absolute atomic E-state index is 4.50. The number of likely N-dealkylation sites (N-methyl/N-ethyl adjacent to an activating group) is 1. The van der Waals surface area contributed by atoms with E-state index in [9.17, 15) is 0 Å². The standard InChI is InChI=1S/C14H17N3.ClH/c1-17(13-8-15-9-13)10-12-5-2-4-11-6-3-7-16-14(11)12;/h2-7,13,15H,8-10H2,1H3;1H. The van der Waals surface area contributed by atoms with Crippen LogP contribution in [-0.4, -0.2) is 36.1 Å². The van der Waals surface area contributed by atoms with Gasteiger partial charge in [-0.1, -0.05) is 24.3 Å². The fraction of sp³-hybridized carbons (Fsp3) is 0.357. The molecule has 4 heteroatoms. The summed E-state index contributed by atoms with van der Waals surface area (Å²) >= 11 is 0. The second-order valence-corrected chi connectivity index (χ2v) is 4.72. The number of para-hydroxylation sites is 1. The number of rotatable bonds is 3. The van der Waals surface area contributed by atoms with Gasteiger partial charge in [0.05, 0.1) is 5.52 Å². The van der Waals surface area contributed by atoms with Crippen molar-refractivity contribution < 1.29 is 0 Å². The molecule has 0 atom stereocenters. The van der Waals surface area contributed by atoms with E-state index in [0.717, 1.165) is 25.2 Å². The number of nitrogens with zero attached hydrogens (tertiary/aromatic N) is 2. The Hall–Kier alpha value is -1.16. The molecule has 0 spiro atoms. The maximum Gasteiger partial charge on any atom is 0.0746 e. The first-order valence-electron chi connectivity index (χ1n) is 6.08. The Morgan fingerprint density at radius 1 is 1.28 bits per heavy atom. The van der Waals surface area contributed by atoms with Gasteiger partial charge in [-0.05, 0) is 18.7 Å². The molecule has 1 N–H and O–H groups in total. The lowest BCUT2D eigenvalue weighted by molar-refractivity contribution is 0.173. The van der Waals surface area contributed by atoms with Gasteiger partial charge in [-0.2, -0.15) is 0 Å². The van der Waals surface area contributed by atoms with Gasteiger partial charge in [0.25, 0.3) is 0 Å². The zero-order valence-corrected chi connectivity index (χ0v) is 11.3. The number of halogens is 1. The highest BCUT2D eigenvalue weighted by atomic mass is 35.5. The summed E-state index contributed by atoms with van der Waals surface area (Å²) in [6.07, 6.45) is 1.87. The second-order valence-electron chi connectivity index (χ2n) is 4.72. The molecule has 1 aromatic carbocycles. The molecule has 0 unspecified atom stereocenters. The summed E-state index contributed by atoms with van der Waals surface area (Å²) in [6.45, 7) is 3.18. The summed E-state index contributed by atoms with van der Waals surface area (Å²) in [7, 11) is 2.19. The largest absolute Gasteiger partial charge is 0.314 e. The van der Waals surface area contributed by atoms with Crippen LogP contribution in [0.1, 0.15) is 5.56 Å². The smallest absolute Gasteiger partial charge is 0.0746 e. The third-order valence-corrected chi connectivity index (χ3v) is 3.52. The van der Waals surface area contributed by atoms with Gasteiger partial charge in [-0.25, -0.2) is 0 Å². The molecule has 1 aliphatic rings. The Balaban J connectivity index is 0.00000120. The van der Waals surface area contributed by atoms with E-state index in [-0.39, 0.29) is 12.4 Å². The Kier molecular flexibility index (Phi) is 4.17. The molecule has 2 aromatic rings. The molecule has 1 fully saturated rings. The van der Waals surface area contributed by atoms with Gasteiger partial charge in [0, 0.05) is 37.3 Å². The van der Waals surface area contributed by atoms with E-state index < -0.39 is 0 Å². The van der Waals surface area contributed by atoms with Crippen LogP contribution in [0.5, 0.6) is 0 Å². The van der Waals surface area contributed by atoms with Crippen LogP contribution in [-0.2, 0) is 6.54 Å². The molecule has 1 saturated heterocycles. The van der Waals surface area contributed by atoms with E-state index >= 15 is 0 Å². The van der Waals surface area contributed by atoms with E-state index in [4.69, 9.17) is 0 Å². The molecule has 1 aliphatic heterocycles. The molecule has 0 saturated carbocycles. The van der Waals surface area contributed by atoms with Crippen molar-refractivity contribution in [1.82, 2.24) is 15.2 Å². The summed E-state index contributed by atoms with van der Waals surface area (Å²) in [5.74, 6) is 0. The molecule has 1 aromatic heterocycles. The predicted molar refractivity (Wildman–Crippen MR) is 77.1 cm³/mol. The average molecular weight is 264 g/mol. The van der Waals surface area contributed by atoms with Gasteiger partial charge in [-0.15, -0.1) is 12.4 Å². The highest BCUT2D eigenvalue weighted by Crippen LogP contribution is 2.18. The molecule has 96 valence electrons. The molecule has 0 bridgehead atoms. The Bertz CT molecular complexity index is 520. The van der Waals surface area contributed by atoms with Gasteiger partial charge in [0.15, 0.2) is 0 Å². The Morgan fingerprint density at radius 3 is 2.78 bits per heavy atom. The molecule has 0 radical (unpaired) electrons. The van der Waals surface area contributed by atoms with Crippen LogP contribution in [0.4, 0.5) is 0 Å². The first kappa shape index (κ1) is 13.3. The van der Waals surface area contributed by atoms with Gasteiger partial charge < -0.3 is 5.32 Å². The van der Waals surface area contributed by atoms with Crippen molar-refractivity contribution in [2.45, 2.75) is 12.6 Å². The molecule has 2 heterocycles. The minimum atomic E-state index is 0. The fourth-order valence-electron chi connectivity index (χ4n) is 2.28. The van der Waals surface area contributed by atoms with Gasteiger partial charge in [-0.3, -0.25) is 9.88 Å². The summed E-state index contributed by atoms with van der Waals surface area (Å²) in [6, 6.07) is 11.2. The van der Waals surface area contributed by atoms with Crippen LogP contribution in [0.3, 0.4) is 0 Å². The van der Waals surface area contributed by atoms with Crippen LogP contribution in [0.25, 0.3) is 10.9 Å². The summed E-state index contributed by atoms with van der Waals surface area (Å²) in [5, 5.41) is 4.53.